The maximum Gasteiger partial charge on any atom is 0.243 e. The molecular formula is C24H26N6O4S. The molecule has 11 heteroatoms. The minimum Gasteiger partial charge on any atom is -0.340 e. The van der Waals surface area contributed by atoms with Gasteiger partial charge in [0.05, 0.1) is 11.1 Å². The highest BCUT2D eigenvalue weighted by Crippen LogP contribution is 2.21. The number of aryl methyl sites for hydroxylation is 2. The number of aromatic nitrogens is 3. The summed E-state index contributed by atoms with van der Waals surface area (Å²) < 4.78 is 28.9. The van der Waals surface area contributed by atoms with Crippen molar-refractivity contribution in [3.05, 3.63) is 58.5 Å². The molecule has 1 aliphatic heterocycles. The number of hydrogen-bond acceptors (Lipinski definition) is 7. The molecule has 0 atom stereocenters. The summed E-state index contributed by atoms with van der Waals surface area (Å²) in [5.74, 6) is -0.177. The first kappa shape index (κ1) is 24.5. The number of rotatable bonds is 6. The molecule has 0 radical (unpaired) electrons. The molecule has 2 aromatic heterocycles. The van der Waals surface area contributed by atoms with Crippen molar-refractivity contribution in [1.82, 2.24) is 23.8 Å². The lowest BCUT2D eigenvalue weighted by atomic mass is 10.1. The van der Waals surface area contributed by atoms with Crippen molar-refractivity contribution in [1.29, 1.82) is 5.26 Å². The summed E-state index contributed by atoms with van der Waals surface area (Å²) in [4.78, 5) is 30.6. The Morgan fingerprint density at radius 1 is 1.09 bits per heavy atom. The molecule has 0 saturated carbocycles. The maximum atomic E-state index is 13.0. The third-order valence-corrected chi connectivity index (χ3v) is 8.32. The van der Waals surface area contributed by atoms with Crippen LogP contribution < -0.4 is 0 Å². The van der Waals surface area contributed by atoms with Gasteiger partial charge >= 0.3 is 0 Å². The van der Waals surface area contributed by atoms with Gasteiger partial charge in [0, 0.05) is 49.6 Å². The summed E-state index contributed by atoms with van der Waals surface area (Å²) in [6.45, 7) is 6.21. The molecule has 4 rings (SSSR count). The van der Waals surface area contributed by atoms with E-state index in [1.807, 2.05) is 13.8 Å². The summed E-state index contributed by atoms with van der Waals surface area (Å²) >= 11 is 0. The lowest BCUT2D eigenvalue weighted by molar-refractivity contribution is -0.132. The highest BCUT2D eigenvalue weighted by molar-refractivity contribution is 7.89. The zero-order valence-electron chi connectivity index (χ0n) is 19.9. The Labute approximate surface area is 203 Å². The minimum absolute atomic E-state index is 0.0510. The van der Waals surface area contributed by atoms with E-state index in [1.165, 1.54) is 41.7 Å². The fourth-order valence-corrected chi connectivity index (χ4v) is 5.75. The number of ketones is 1. The van der Waals surface area contributed by atoms with Gasteiger partial charge in [-0.1, -0.05) is 12.1 Å². The van der Waals surface area contributed by atoms with Gasteiger partial charge in [-0.3, -0.25) is 9.59 Å². The molecule has 1 amide bonds. The van der Waals surface area contributed by atoms with Crippen molar-refractivity contribution in [2.45, 2.75) is 38.5 Å². The van der Waals surface area contributed by atoms with E-state index >= 15 is 0 Å². The largest absolute Gasteiger partial charge is 0.340 e. The van der Waals surface area contributed by atoms with E-state index in [1.54, 1.807) is 9.42 Å². The molecule has 1 aliphatic rings. The van der Waals surface area contributed by atoms with Gasteiger partial charge in [-0.2, -0.15) is 14.7 Å². The number of Topliss-reactive ketones (excluding diaryl/α,β-unsaturated/α-hetero) is 1. The zero-order chi connectivity index (χ0) is 25.3. The molecule has 1 saturated heterocycles. The van der Waals surface area contributed by atoms with E-state index in [0.717, 1.165) is 17.0 Å². The van der Waals surface area contributed by atoms with Gasteiger partial charge in [0.15, 0.2) is 11.4 Å². The average molecular weight is 495 g/mol. The molecule has 1 aromatic carbocycles. The average Bonchev–Trinajstić information content (AvgIpc) is 3.26. The Morgan fingerprint density at radius 2 is 1.74 bits per heavy atom. The fourth-order valence-electron chi connectivity index (χ4n) is 4.33. The van der Waals surface area contributed by atoms with Gasteiger partial charge in [0.1, 0.15) is 11.6 Å². The van der Waals surface area contributed by atoms with E-state index in [2.05, 4.69) is 16.2 Å². The lowest BCUT2D eigenvalue weighted by Gasteiger charge is -2.34. The minimum atomic E-state index is -3.70. The Kier molecular flexibility index (Phi) is 6.69. The first-order chi connectivity index (χ1) is 16.6. The smallest absolute Gasteiger partial charge is 0.243 e. The van der Waals surface area contributed by atoms with Crippen molar-refractivity contribution in [3.63, 3.8) is 0 Å². The topological polar surface area (TPSA) is 129 Å². The third-order valence-electron chi connectivity index (χ3n) is 6.41. The van der Waals surface area contributed by atoms with E-state index in [4.69, 9.17) is 0 Å². The lowest BCUT2D eigenvalue weighted by Crippen LogP contribution is -2.50. The molecule has 0 N–H and O–H groups in total. The van der Waals surface area contributed by atoms with Crippen molar-refractivity contribution < 1.29 is 18.0 Å². The van der Waals surface area contributed by atoms with E-state index in [0.29, 0.717) is 36.3 Å². The van der Waals surface area contributed by atoms with Crippen LogP contribution in [0.3, 0.4) is 0 Å². The summed E-state index contributed by atoms with van der Waals surface area (Å²) in [6, 6.07) is 7.99. The van der Waals surface area contributed by atoms with Crippen LogP contribution in [0.1, 0.15) is 46.2 Å². The first-order valence-corrected chi connectivity index (χ1v) is 12.7. The van der Waals surface area contributed by atoms with Crippen LogP contribution in [0.5, 0.6) is 0 Å². The number of carbonyl (C=O) groups excluding carboxylic acids is 2. The van der Waals surface area contributed by atoms with Gasteiger partial charge in [-0.25, -0.2) is 17.9 Å². The molecule has 0 aliphatic carbocycles. The van der Waals surface area contributed by atoms with Crippen LogP contribution in [-0.4, -0.2) is 70.1 Å². The number of carbonyl (C=O) groups is 2. The summed E-state index contributed by atoms with van der Waals surface area (Å²) in [7, 11) is -3.70. The van der Waals surface area contributed by atoms with Gasteiger partial charge in [0.25, 0.3) is 0 Å². The summed E-state index contributed by atoms with van der Waals surface area (Å²) in [6.07, 6.45) is 2.22. The normalized spacial score (nSPS) is 14.7. The molecule has 10 nitrogen and oxygen atoms in total. The van der Waals surface area contributed by atoms with Crippen molar-refractivity contribution >= 4 is 27.4 Å². The molecule has 3 aromatic rings. The SMILES string of the molecule is CC(=O)c1ccc(S(=O)(=O)N2CCN(C(=O)CCc3c(C)nc4c(C#N)cnn4c3C)CC2)cc1. The second-order valence-corrected chi connectivity index (χ2v) is 10.5. The first-order valence-electron chi connectivity index (χ1n) is 11.3. The van der Waals surface area contributed by atoms with Crippen molar-refractivity contribution in [2.24, 2.45) is 0 Å². The summed E-state index contributed by atoms with van der Waals surface area (Å²) in [5.41, 5.74) is 3.87. The van der Waals surface area contributed by atoms with Crippen LogP contribution in [-0.2, 0) is 21.2 Å². The molecule has 0 unspecified atom stereocenters. The Morgan fingerprint density at radius 3 is 2.34 bits per heavy atom. The van der Waals surface area contributed by atoms with Crippen molar-refractivity contribution in [3.8, 4) is 6.07 Å². The van der Waals surface area contributed by atoms with Crippen LogP contribution in [0.15, 0.2) is 35.4 Å². The second-order valence-electron chi connectivity index (χ2n) is 8.53. The van der Waals surface area contributed by atoms with Gasteiger partial charge in [0.2, 0.25) is 15.9 Å². The zero-order valence-corrected chi connectivity index (χ0v) is 20.7. The van der Waals surface area contributed by atoms with Crippen LogP contribution in [0.2, 0.25) is 0 Å². The number of hydrogen-bond donors (Lipinski definition) is 0. The van der Waals surface area contributed by atoms with Crippen LogP contribution in [0.4, 0.5) is 0 Å². The Bertz CT molecular complexity index is 1450. The van der Waals surface area contributed by atoms with Crippen LogP contribution in [0, 0.1) is 25.2 Å². The van der Waals surface area contributed by atoms with Crippen LogP contribution in [0.25, 0.3) is 5.65 Å². The molecule has 3 heterocycles. The highest BCUT2D eigenvalue weighted by atomic mass is 32.2. The predicted octanol–water partition coefficient (Wildman–Crippen LogP) is 1.89. The maximum absolute atomic E-state index is 13.0. The molecule has 182 valence electrons. The standard InChI is InChI=1S/C24H26N6O4S/c1-16-22(17(2)30-24(27-16)20(14-25)15-26-30)8-9-23(32)28-10-12-29(13-11-28)35(33,34)21-6-4-19(5-7-21)18(3)31/h4-7,15H,8-13H2,1-3H3. The number of nitriles is 1. The number of amides is 1. The predicted molar refractivity (Wildman–Crippen MR) is 127 cm³/mol. The Hall–Kier alpha value is -3.62. The highest BCUT2D eigenvalue weighted by Gasteiger charge is 2.30. The fraction of sp³-hybridized carbons (Fsp3) is 0.375. The molecule has 0 spiro atoms. The number of nitrogens with zero attached hydrogens (tertiary/aromatic N) is 6. The van der Waals surface area contributed by atoms with E-state index in [9.17, 15) is 23.3 Å². The van der Waals surface area contributed by atoms with E-state index < -0.39 is 10.0 Å². The Balaban J connectivity index is 1.38. The van der Waals surface area contributed by atoms with Gasteiger partial charge < -0.3 is 4.90 Å². The monoisotopic (exact) mass is 494 g/mol. The number of benzene rings is 1. The summed E-state index contributed by atoms with van der Waals surface area (Å²) in [5, 5.41) is 13.4. The van der Waals surface area contributed by atoms with Gasteiger partial charge in [-0.05, 0) is 44.9 Å². The number of piperazine rings is 1. The number of fused-ring (bicyclic) bond motifs is 1. The number of sulfonamides is 1. The third kappa shape index (κ3) is 4.67. The molecule has 1 fully saturated rings. The van der Waals surface area contributed by atoms with E-state index in [-0.39, 0.29) is 36.1 Å². The second kappa shape index (κ2) is 9.56. The van der Waals surface area contributed by atoms with Gasteiger partial charge in [-0.15, -0.1) is 0 Å². The molecular weight excluding hydrogens is 468 g/mol. The van der Waals surface area contributed by atoms with Crippen molar-refractivity contribution in [2.75, 3.05) is 26.2 Å². The molecule has 35 heavy (non-hydrogen) atoms. The van der Waals surface area contributed by atoms with Crippen LogP contribution >= 0.6 is 0 Å². The molecule has 0 bridgehead atoms. The quantitative estimate of drug-likeness (QED) is 0.479.